The van der Waals surface area contributed by atoms with E-state index in [9.17, 15) is 38.4 Å². The topological polar surface area (TPSA) is 283 Å². The van der Waals surface area contributed by atoms with Crippen LogP contribution in [0.2, 0.25) is 0 Å². The third kappa shape index (κ3) is 14.3. The molecule has 0 aromatic rings. The summed E-state index contributed by atoms with van der Waals surface area (Å²) in [4.78, 5) is 92.7. The van der Waals surface area contributed by atoms with Crippen LogP contribution in [-0.4, -0.2) is 106 Å². The Kier molecular flexibility index (Phi) is 14.9. The summed E-state index contributed by atoms with van der Waals surface area (Å²) in [5.74, 6) is -8.62. The second kappa shape index (κ2) is 16.7. The maximum Gasteiger partial charge on any atom is 0.327 e. The predicted octanol–water partition coefficient (Wildman–Crippen LogP) is -4.63. The standard InChI is InChI=1S/C19H30N6O11S/c1-8(16(32)21-5-13(27)25-11(7-37)19(35)36)23-18(34)10(2-3-14(28)29)24-12(26)6-22-17(33)9(20)4-15(30)31/h8-11,37H,2-7,20H2,1H3,(H,21,32)(H,22,33)(H,23,34)(H,24,26)(H,25,27)(H,28,29)(H,30,31)(H,35,36)/t8-,9-,10-,11-/m0/s1. The van der Waals surface area contributed by atoms with Crippen molar-refractivity contribution in [1.29, 1.82) is 0 Å². The van der Waals surface area contributed by atoms with Crippen molar-refractivity contribution in [2.24, 2.45) is 5.73 Å². The Morgan fingerprint density at radius 1 is 0.757 bits per heavy atom. The Bertz CT molecular complexity index is 900. The van der Waals surface area contributed by atoms with E-state index in [1.165, 1.54) is 6.92 Å². The SMILES string of the molecule is C[C@H](NC(=O)[C@H](CCC(=O)O)NC(=O)CNC(=O)[C@@H](N)CC(=O)O)C(=O)NCC(=O)N[C@@H](CS)C(=O)O. The number of carboxylic acids is 3. The number of carbonyl (C=O) groups is 8. The molecule has 0 bridgehead atoms. The van der Waals surface area contributed by atoms with Gasteiger partial charge in [0, 0.05) is 12.2 Å². The first kappa shape index (κ1) is 33.1. The van der Waals surface area contributed by atoms with Gasteiger partial charge in [-0.05, 0) is 13.3 Å². The van der Waals surface area contributed by atoms with Gasteiger partial charge < -0.3 is 47.6 Å². The lowest BCUT2D eigenvalue weighted by atomic mass is 10.1. The van der Waals surface area contributed by atoms with Crippen LogP contribution in [0.3, 0.4) is 0 Å². The van der Waals surface area contributed by atoms with Crippen LogP contribution in [0, 0.1) is 0 Å². The van der Waals surface area contributed by atoms with Crippen molar-refractivity contribution in [3.05, 3.63) is 0 Å². The molecule has 0 saturated heterocycles. The summed E-state index contributed by atoms with van der Waals surface area (Å²) in [6.07, 6.45) is -1.60. The highest BCUT2D eigenvalue weighted by Crippen LogP contribution is 2.00. The zero-order valence-electron chi connectivity index (χ0n) is 19.7. The molecule has 18 heteroatoms. The molecule has 0 aliphatic carbocycles. The van der Waals surface area contributed by atoms with Crippen molar-refractivity contribution in [1.82, 2.24) is 26.6 Å². The van der Waals surface area contributed by atoms with Crippen LogP contribution in [0.25, 0.3) is 0 Å². The highest BCUT2D eigenvalue weighted by Gasteiger charge is 2.26. The molecule has 0 unspecified atom stereocenters. The first-order chi connectivity index (χ1) is 17.2. The van der Waals surface area contributed by atoms with Crippen molar-refractivity contribution < 1.29 is 53.7 Å². The van der Waals surface area contributed by atoms with Gasteiger partial charge in [0.2, 0.25) is 29.5 Å². The average Bonchev–Trinajstić information content (AvgIpc) is 2.80. The molecule has 4 atom stereocenters. The molecule has 0 radical (unpaired) electrons. The number of aliphatic carboxylic acids is 3. The van der Waals surface area contributed by atoms with Gasteiger partial charge in [-0.25, -0.2) is 4.79 Å². The highest BCUT2D eigenvalue weighted by atomic mass is 32.1. The fourth-order valence-electron chi connectivity index (χ4n) is 2.49. The summed E-state index contributed by atoms with van der Waals surface area (Å²) < 4.78 is 0. The maximum atomic E-state index is 12.5. The maximum absolute atomic E-state index is 12.5. The van der Waals surface area contributed by atoms with E-state index in [0.29, 0.717) is 0 Å². The molecule has 0 heterocycles. The fraction of sp³-hybridized carbons (Fsp3) is 0.579. The van der Waals surface area contributed by atoms with Crippen LogP contribution >= 0.6 is 12.6 Å². The molecule has 208 valence electrons. The second-order valence-electron chi connectivity index (χ2n) is 7.56. The summed E-state index contributed by atoms with van der Waals surface area (Å²) in [5, 5.41) is 37.2. The molecule has 0 aliphatic heterocycles. The molecular weight excluding hydrogens is 520 g/mol. The monoisotopic (exact) mass is 550 g/mol. The number of amides is 5. The van der Waals surface area contributed by atoms with Crippen LogP contribution in [0.1, 0.15) is 26.2 Å². The fourth-order valence-corrected chi connectivity index (χ4v) is 2.74. The highest BCUT2D eigenvalue weighted by molar-refractivity contribution is 7.80. The van der Waals surface area contributed by atoms with Crippen molar-refractivity contribution in [3.63, 3.8) is 0 Å². The minimum atomic E-state index is -1.43. The van der Waals surface area contributed by atoms with Gasteiger partial charge in [-0.3, -0.25) is 33.6 Å². The van der Waals surface area contributed by atoms with Crippen molar-refractivity contribution in [2.75, 3.05) is 18.8 Å². The summed E-state index contributed by atoms with van der Waals surface area (Å²) >= 11 is 3.78. The third-order valence-electron chi connectivity index (χ3n) is 4.44. The molecule has 10 N–H and O–H groups in total. The van der Waals surface area contributed by atoms with E-state index in [1.54, 1.807) is 0 Å². The van der Waals surface area contributed by atoms with Gasteiger partial charge >= 0.3 is 17.9 Å². The van der Waals surface area contributed by atoms with E-state index in [2.05, 4.69) is 39.2 Å². The van der Waals surface area contributed by atoms with Gasteiger partial charge in [-0.15, -0.1) is 0 Å². The molecule has 0 aromatic carbocycles. The molecule has 0 fully saturated rings. The molecule has 0 rings (SSSR count). The lowest BCUT2D eigenvalue weighted by Crippen LogP contribution is -2.55. The van der Waals surface area contributed by atoms with Crippen molar-refractivity contribution in [2.45, 2.75) is 50.4 Å². The van der Waals surface area contributed by atoms with Crippen molar-refractivity contribution in [3.8, 4) is 0 Å². The molecule has 0 aromatic heterocycles. The van der Waals surface area contributed by atoms with Gasteiger partial charge in [0.25, 0.3) is 0 Å². The Morgan fingerprint density at radius 2 is 1.27 bits per heavy atom. The number of nitrogens with two attached hydrogens (primary N) is 1. The Balaban J connectivity index is 4.93. The van der Waals surface area contributed by atoms with Gasteiger partial charge in [-0.1, -0.05) is 0 Å². The van der Waals surface area contributed by atoms with E-state index in [-0.39, 0.29) is 12.2 Å². The largest absolute Gasteiger partial charge is 0.481 e. The second-order valence-corrected chi connectivity index (χ2v) is 7.93. The Labute approximate surface area is 215 Å². The quantitative estimate of drug-likeness (QED) is 0.0765. The summed E-state index contributed by atoms with van der Waals surface area (Å²) in [6.45, 7) is -0.0731. The molecular formula is C19H30N6O11S. The average molecular weight is 551 g/mol. The molecule has 5 amide bonds. The van der Waals surface area contributed by atoms with E-state index < -0.39 is 97.5 Å². The number of thiol groups is 1. The number of carbonyl (C=O) groups excluding carboxylic acids is 5. The van der Waals surface area contributed by atoms with Crippen LogP contribution < -0.4 is 32.3 Å². The van der Waals surface area contributed by atoms with Gasteiger partial charge in [0.1, 0.15) is 18.1 Å². The zero-order chi connectivity index (χ0) is 28.7. The zero-order valence-corrected chi connectivity index (χ0v) is 20.6. The Morgan fingerprint density at radius 3 is 1.73 bits per heavy atom. The molecule has 0 aliphatic rings. The first-order valence-electron chi connectivity index (χ1n) is 10.6. The van der Waals surface area contributed by atoms with Gasteiger partial charge in [0.15, 0.2) is 0 Å². The number of carboxylic acid groups (broad SMARTS) is 3. The van der Waals surface area contributed by atoms with Crippen LogP contribution in [0.5, 0.6) is 0 Å². The number of nitrogens with one attached hydrogen (secondary N) is 5. The molecule has 37 heavy (non-hydrogen) atoms. The van der Waals surface area contributed by atoms with Crippen LogP contribution in [0.15, 0.2) is 0 Å². The lowest BCUT2D eigenvalue weighted by molar-refractivity contribution is -0.141. The number of rotatable bonds is 17. The Hall–Kier alpha value is -3.93. The smallest absolute Gasteiger partial charge is 0.327 e. The summed E-state index contributed by atoms with van der Waals surface area (Å²) in [6, 6.07) is -5.39. The van der Waals surface area contributed by atoms with E-state index in [0.717, 1.165) is 0 Å². The molecule has 0 saturated carbocycles. The van der Waals surface area contributed by atoms with E-state index >= 15 is 0 Å². The minimum Gasteiger partial charge on any atom is -0.481 e. The third-order valence-corrected chi connectivity index (χ3v) is 4.81. The van der Waals surface area contributed by atoms with E-state index in [1.807, 2.05) is 0 Å². The number of hydrogen-bond acceptors (Lipinski definition) is 10. The molecule has 17 nitrogen and oxygen atoms in total. The van der Waals surface area contributed by atoms with Crippen LogP contribution in [-0.2, 0) is 38.4 Å². The lowest BCUT2D eigenvalue weighted by Gasteiger charge is -2.21. The van der Waals surface area contributed by atoms with Crippen molar-refractivity contribution >= 4 is 60.1 Å². The van der Waals surface area contributed by atoms with Gasteiger partial charge in [-0.2, -0.15) is 12.6 Å². The summed E-state index contributed by atoms with van der Waals surface area (Å²) in [5.41, 5.74) is 5.36. The first-order valence-corrected chi connectivity index (χ1v) is 11.3. The molecule has 0 spiro atoms. The normalized spacial score (nSPS) is 13.6. The van der Waals surface area contributed by atoms with Gasteiger partial charge in [0.05, 0.1) is 25.6 Å². The van der Waals surface area contributed by atoms with E-state index in [4.69, 9.17) is 21.1 Å². The van der Waals surface area contributed by atoms with Crippen LogP contribution in [0.4, 0.5) is 0 Å². The number of hydrogen-bond donors (Lipinski definition) is 10. The summed E-state index contributed by atoms with van der Waals surface area (Å²) in [7, 11) is 0. The minimum absolute atomic E-state index is 0.191. The predicted molar refractivity (Wildman–Crippen MR) is 126 cm³/mol.